The minimum absolute atomic E-state index is 0.263. The summed E-state index contributed by atoms with van der Waals surface area (Å²) in [5.41, 5.74) is 4.99. The molecule has 4 aromatic rings. The molecular weight excluding hydrogens is 424 g/mol. The van der Waals surface area contributed by atoms with Crippen LogP contribution < -0.4 is 5.32 Å². The lowest BCUT2D eigenvalue weighted by Gasteiger charge is -2.24. The number of rotatable bonds is 7. The summed E-state index contributed by atoms with van der Waals surface area (Å²) in [5, 5.41) is 11.3. The zero-order chi connectivity index (χ0) is 23.5. The van der Waals surface area contributed by atoms with E-state index in [9.17, 15) is 4.79 Å². The molecule has 0 saturated heterocycles. The number of nitrogens with one attached hydrogen (secondary N) is 1. The minimum Gasteiger partial charge on any atom is -0.321 e. The Kier molecular flexibility index (Phi) is 6.16. The van der Waals surface area contributed by atoms with Crippen LogP contribution in [0.3, 0.4) is 0 Å². The van der Waals surface area contributed by atoms with Crippen molar-refractivity contribution in [3.05, 3.63) is 78.6 Å². The van der Waals surface area contributed by atoms with E-state index < -0.39 is 0 Å². The van der Waals surface area contributed by atoms with Gasteiger partial charge in [-0.25, -0.2) is 0 Å². The van der Waals surface area contributed by atoms with Gasteiger partial charge in [-0.2, -0.15) is 0 Å². The first-order chi connectivity index (χ1) is 16.6. The lowest BCUT2D eigenvalue weighted by molar-refractivity contribution is 0.102. The SMILES string of the molecule is CCC(C)n1cnnc1-c1cccc(NC(=O)c2cc(-c3ccc(C4CCC4)nc3)ccn2)c1. The van der Waals surface area contributed by atoms with E-state index in [1.807, 2.05) is 36.5 Å². The van der Waals surface area contributed by atoms with Crippen LogP contribution in [0.2, 0.25) is 0 Å². The highest BCUT2D eigenvalue weighted by Crippen LogP contribution is 2.35. The molecule has 1 aliphatic rings. The normalized spacial score (nSPS) is 14.4. The van der Waals surface area contributed by atoms with Crippen molar-refractivity contribution in [2.24, 2.45) is 0 Å². The van der Waals surface area contributed by atoms with E-state index in [1.165, 1.54) is 19.3 Å². The van der Waals surface area contributed by atoms with Gasteiger partial charge in [0, 0.05) is 46.9 Å². The number of nitrogens with zero attached hydrogens (tertiary/aromatic N) is 5. The number of carbonyl (C=O) groups excluding carboxylic acids is 1. The van der Waals surface area contributed by atoms with Crippen LogP contribution in [0, 0.1) is 0 Å². The molecule has 1 amide bonds. The zero-order valence-electron chi connectivity index (χ0n) is 19.5. The van der Waals surface area contributed by atoms with Crippen molar-refractivity contribution in [3.63, 3.8) is 0 Å². The molecular formula is C27H28N6O. The van der Waals surface area contributed by atoms with Crippen LogP contribution in [0.1, 0.15) is 67.7 Å². The average Bonchev–Trinajstić information content (AvgIpc) is 3.33. The quantitative estimate of drug-likeness (QED) is 0.378. The molecule has 0 bridgehead atoms. The Balaban J connectivity index is 1.33. The second-order valence-electron chi connectivity index (χ2n) is 8.88. The summed E-state index contributed by atoms with van der Waals surface area (Å²) in [6.07, 6.45) is 10.0. The molecule has 1 aliphatic carbocycles. The standard InChI is InChI=1S/C27H28N6O/c1-3-18(2)33-17-30-32-26(33)21-8-5-9-23(14-21)31-27(34)25-15-20(12-13-28-25)22-10-11-24(29-16-22)19-6-4-7-19/h5,8-19H,3-4,6-7H2,1-2H3,(H,31,34). The van der Waals surface area contributed by atoms with Gasteiger partial charge in [0.25, 0.3) is 5.91 Å². The van der Waals surface area contributed by atoms with Crippen molar-refractivity contribution in [1.82, 2.24) is 24.7 Å². The number of aromatic nitrogens is 5. The molecule has 1 atom stereocenters. The fraction of sp³-hybridized carbons (Fsp3) is 0.296. The first kappa shape index (κ1) is 21.9. The third-order valence-electron chi connectivity index (χ3n) is 6.65. The van der Waals surface area contributed by atoms with E-state index in [0.717, 1.165) is 34.6 Å². The lowest BCUT2D eigenvalue weighted by Crippen LogP contribution is -2.14. The van der Waals surface area contributed by atoms with Gasteiger partial charge in [-0.15, -0.1) is 10.2 Å². The molecule has 7 heteroatoms. The van der Waals surface area contributed by atoms with Crippen LogP contribution in [-0.4, -0.2) is 30.6 Å². The minimum atomic E-state index is -0.263. The van der Waals surface area contributed by atoms with E-state index in [-0.39, 0.29) is 11.9 Å². The predicted molar refractivity (Wildman–Crippen MR) is 132 cm³/mol. The third-order valence-corrected chi connectivity index (χ3v) is 6.65. The predicted octanol–water partition coefficient (Wildman–Crippen LogP) is 5.89. The average molecular weight is 453 g/mol. The molecule has 1 fully saturated rings. The molecule has 5 rings (SSSR count). The Bertz CT molecular complexity index is 1290. The summed E-state index contributed by atoms with van der Waals surface area (Å²) < 4.78 is 2.05. The van der Waals surface area contributed by atoms with Crippen LogP contribution >= 0.6 is 0 Å². The van der Waals surface area contributed by atoms with E-state index in [2.05, 4.69) is 56.0 Å². The van der Waals surface area contributed by atoms with Gasteiger partial charge in [0.15, 0.2) is 5.82 Å². The Morgan fingerprint density at radius 2 is 1.97 bits per heavy atom. The van der Waals surface area contributed by atoms with E-state index >= 15 is 0 Å². The Labute approximate surface area is 199 Å². The highest BCUT2D eigenvalue weighted by Gasteiger charge is 2.20. The van der Waals surface area contributed by atoms with Crippen LogP contribution in [-0.2, 0) is 0 Å². The molecule has 1 unspecified atom stereocenters. The largest absolute Gasteiger partial charge is 0.321 e. The summed E-state index contributed by atoms with van der Waals surface area (Å²) in [5.74, 6) is 1.12. The van der Waals surface area contributed by atoms with Gasteiger partial charge in [0.2, 0.25) is 0 Å². The summed E-state index contributed by atoms with van der Waals surface area (Å²) in [6.45, 7) is 4.26. The van der Waals surface area contributed by atoms with Gasteiger partial charge in [-0.3, -0.25) is 14.8 Å². The van der Waals surface area contributed by atoms with Crippen molar-refractivity contribution in [2.75, 3.05) is 5.32 Å². The molecule has 3 aromatic heterocycles. The zero-order valence-corrected chi connectivity index (χ0v) is 19.5. The number of pyridine rings is 2. The van der Waals surface area contributed by atoms with E-state index in [0.29, 0.717) is 17.3 Å². The maximum Gasteiger partial charge on any atom is 0.274 e. The molecule has 1 saturated carbocycles. The Morgan fingerprint density at radius 3 is 2.71 bits per heavy atom. The number of hydrogen-bond donors (Lipinski definition) is 1. The van der Waals surface area contributed by atoms with E-state index in [4.69, 9.17) is 0 Å². The van der Waals surface area contributed by atoms with Gasteiger partial charge in [-0.1, -0.05) is 31.5 Å². The molecule has 34 heavy (non-hydrogen) atoms. The van der Waals surface area contributed by atoms with Crippen LogP contribution in [0.4, 0.5) is 5.69 Å². The number of benzene rings is 1. The molecule has 0 aliphatic heterocycles. The second kappa shape index (κ2) is 9.55. The number of hydrogen-bond acceptors (Lipinski definition) is 5. The van der Waals surface area contributed by atoms with Gasteiger partial charge in [0.1, 0.15) is 12.0 Å². The van der Waals surface area contributed by atoms with Crippen molar-refractivity contribution in [1.29, 1.82) is 0 Å². The first-order valence-electron chi connectivity index (χ1n) is 11.9. The number of amides is 1. The van der Waals surface area contributed by atoms with Crippen molar-refractivity contribution >= 4 is 11.6 Å². The van der Waals surface area contributed by atoms with Crippen molar-refractivity contribution in [3.8, 4) is 22.5 Å². The third kappa shape index (κ3) is 4.46. The second-order valence-corrected chi connectivity index (χ2v) is 8.88. The van der Waals surface area contributed by atoms with E-state index in [1.54, 1.807) is 18.6 Å². The monoisotopic (exact) mass is 452 g/mol. The molecule has 7 nitrogen and oxygen atoms in total. The fourth-order valence-corrected chi connectivity index (χ4v) is 4.16. The van der Waals surface area contributed by atoms with Crippen molar-refractivity contribution in [2.45, 2.75) is 51.5 Å². The van der Waals surface area contributed by atoms with Crippen LogP contribution in [0.15, 0.2) is 67.3 Å². The van der Waals surface area contributed by atoms with Crippen LogP contribution in [0.25, 0.3) is 22.5 Å². The molecule has 0 spiro atoms. The fourth-order valence-electron chi connectivity index (χ4n) is 4.16. The summed E-state index contributed by atoms with van der Waals surface area (Å²) >= 11 is 0. The van der Waals surface area contributed by atoms with Gasteiger partial charge in [0.05, 0.1) is 0 Å². The first-order valence-corrected chi connectivity index (χ1v) is 11.9. The molecule has 0 radical (unpaired) electrons. The highest BCUT2D eigenvalue weighted by molar-refractivity contribution is 6.03. The van der Waals surface area contributed by atoms with Crippen molar-refractivity contribution < 1.29 is 4.79 Å². The smallest absolute Gasteiger partial charge is 0.274 e. The summed E-state index contributed by atoms with van der Waals surface area (Å²) in [7, 11) is 0. The number of anilines is 1. The topological polar surface area (TPSA) is 85.6 Å². The summed E-state index contributed by atoms with van der Waals surface area (Å²) in [6, 6.07) is 15.8. The van der Waals surface area contributed by atoms with Gasteiger partial charge in [-0.05, 0) is 62.1 Å². The maximum absolute atomic E-state index is 13.0. The van der Waals surface area contributed by atoms with Crippen LogP contribution in [0.5, 0.6) is 0 Å². The molecule has 3 heterocycles. The Morgan fingerprint density at radius 1 is 1.09 bits per heavy atom. The lowest BCUT2D eigenvalue weighted by atomic mass is 9.82. The highest BCUT2D eigenvalue weighted by atomic mass is 16.1. The number of carbonyl (C=O) groups is 1. The summed E-state index contributed by atoms with van der Waals surface area (Å²) in [4.78, 5) is 21.9. The Hall–Kier alpha value is -3.87. The molecule has 1 aromatic carbocycles. The molecule has 172 valence electrons. The van der Waals surface area contributed by atoms with Gasteiger partial charge >= 0.3 is 0 Å². The molecule has 1 N–H and O–H groups in total. The van der Waals surface area contributed by atoms with Gasteiger partial charge < -0.3 is 9.88 Å². The maximum atomic E-state index is 13.0.